The van der Waals surface area contributed by atoms with E-state index < -0.39 is 16.1 Å². The van der Waals surface area contributed by atoms with Crippen LogP contribution in [0.2, 0.25) is 0 Å². The normalized spacial score (nSPS) is 26.7. The Labute approximate surface area is 144 Å². The molecule has 3 rings (SSSR count). The van der Waals surface area contributed by atoms with Gasteiger partial charge in [-0.2, -0.15) is 4.31 Å². The van der Waals surface area contributed by atoms with Crippen molar-refractivity contribution in [1.82, 2.24) is 4.31 Å². The third-order valence-corrected chi connectivity index (χ3v) is 7.05. The lowest BCUT2D eigenvalue weighted by atomic mass is 10.0. The number of hydrogen-bond acceptors (Lipinski definition) is 4. The van der Waals surface area contributed by atoms with Crippen LogP contribution in [-0.2, 0) is 19.6 Å². The second-order valence-corrected chi connectivity index (χ2v) is 8.68. The van der Waals surface area contributed by atoms with Crippen molar-refractivity contribution in [2.75, 3.05) is 6.61 Å². The van der Waals surface area contributed by atoms with Crippen LogP contribution < -0.4 is 0 Å². The number of benzene rings is 1. The first kappa shape index (κ1) is 17.4. The Morgan fingerprint density at radius 1 is 1.25 bits per heavy atom. The molecule has 1 aliphatic heterocycles. The molecule has 5 nitrogen and oxygen atoms in total. The molecule has 2 bridgehead atoms. The van der Waals surface area contributed by atoms with Crippen molar-refractivity contribution in [1.29, 1.82) is 0 Å². The molecule has 1 aliphatic carbocycles. The van der Waals surface area contributed by atoms with Gasteiger partial charge in [-0.05, 0) is 50.7 Å². The Kier molecular flexibility index (Phi) is 4.97. The molecule has 2 fully saturated rings. The van der Waals surface area contributed by atoms with Crippen molar-refractivity contribution in [3.05, 3.63) is 29.8 Å². The van der Waals surface area contributed by atoms with Crippen LogP contribution in [0.4, 0.5) is 0 Å². The summed E-state index contributed by atoms with van der Waals surface area (Å²) in [6, 6.07) is 6.08. The third kappa shape index (κ3) is 3.09. The molecular formula is C18H25NO4S. The van der Waals surface area contributed by atoms with E-state index in [1.807, 2.05) is 13.8 Å². The lowest BCUT2D eigenvalue weighted by Crippen LogP contribution is -2.49. The van der Waals surface area contributed by atoms with Gasteiger partial charge in [0.2, 0.25) is 10.0 Å². The quantitative estimate of drug-likeness (QED) is 0.584. The van der Waals surface area contributed by atoms with E-state index in [0.29, 0.717) is 6.61 Å². The summed E-state index contributed by atoms with van der Waals surface area (Å²) < 4.78 is 33.0. The summed E-state index contributed by atoms with van der Waals surface area (Å²) in [5.74, 6) is -0.296. The van der Waals surface area contributed by atoms with Crippen molar-refractivity contribution in [2.45, 2.75) is 62.9 Å². The largest absolute Gasteiger partial charge is 0.464 e. The number of nitrogens with zero attached hydrogens (tertiary/aromatic N) is 1. The minimum atomic E-state index is -3.68. The van der Waals surface area contributed by atoms with Gasteiger partial charge in [-0.15, -0.1) is 0 Å². The number of carbonyl (C=O) groups excluding carboxylic acids is 1. The SMILES string of the molecule is CCCCOC(=O)C1C2CCC(C2)N1S(=O)(=O)c1ccc(C)cc1. The zero-order chi connectivity index (χ0) is 17.3. The van der Waals surface area contributed by atoms with E-state index in [0.717, 1.165) is 37.7 Å². The summed E-state index contributed by atoms with van der Waals surface area (Å²) in [5.41, 5.74) is 1.01. The molecule has 0 aromatic heterocycles. The number of rotatable bonds is 6. The fourth-order valence-corrected chi connectivity index (χ4v) is 5.69. The topological polar surface area (TPSA) is 63.7 Å². The Morgan fingerprint density at radius 3 is 2.62 bits per heavy atom. The van der Waals surface area contributed by atoms with Gasteiger partial charge in [-0.3, -0.25) is 4.79 Å². The third-order valence-electron chi connectivity index (χ3n) is 5.11. The Balaban J connectivity index is 1.86. The molecule has 132 valence electrons. The summed E-state index contributed by atoms with van der Waals surface area (Å²) in [5, 5.41) is 0. The van der Waals surface area contributed by atoms with E-state index in [1.54, 1.807) is 24.3 Å². The highest BCUT2D eigenvalue weighted by Crippen LogP contribution is 2.45. The van der Waals surface area contributed by atoms with Gasteiger partial charge in [0.25, 0.3) is 0 Å². The molecule has 3 atom stereocenters. The van der Waals surface area contributed by atoms with E-state index >= 15 is 0 Å². The molecule has 1 aromatic rings. The average molecular weight is 351 g/mol. The maximum absolute atomic E-state index is 13.1. The second-order valence-electron chi connectivity index (χ2n) is 6.84. The highest BCUT2D eigenvalue weighted by atomic mass is 32.2. The summed E-state index contributed by atoms with van der Waals surface area (Å²) in [7, 11) is -3.68. The Morgan fingerprint density at radius 2 is 1.96 bits per heavy atom. The number of hydrogen-bond donors (Lipinski definition) is 0. The lowest BCUT2D eigenvalue weighted by molar-refractivity contribution is -0.149. The molecule has 0 N–H and O–H groups in total. The van der Waals surface area contributed by atoms with E-state index in [9.17, 15) is 13.2 Å². The first-order chi connectivity index (χ1) is 11.4. The molecule has 6 heteroatoms. The first-order valence-electron chi connectivity index (χ1n) is 8.72. The van der Waals surface area contributed by atoms with Crippen molar-refractivity contribution >= 4 is 16.0 Å². The molecule has 3 unspecified atom stereocenters. The van der Waals surface area contributed by atoms with Gasteiger partial charge < -0.3 is 4.74 Å². The number of sulfonamides is 1. The Hall–Kier alpha value is -1.40. The molecule has 0 radical (unpaired) electrons. The van der Waals surface area contributed by atoms with Gasteiger partial charge in [-0.1, -0.05) is 31.0 Å². The van der Waals surface area contributed by atoms with Crippen LogP contribution in [0.15, 0.2) is 29.2 Å². The molecule has 0 amide bonds. The lowest BCUT2D eigenvalue weighted by Gasteiger charge is -2.32. The molecule has 0 spiro atoms. The fraction of sp³-hybridized carbons (Fsp3) is 0.611. The number of unbranched alkanes of at least 4 members (excludes halogenated alkanes) is 1. The summed E-state index contributed by atoms with van der Waals surface area (Å²) in [4.78, 5) is 12.8. The summed E-state index contributed by atoms with van der Waals surface area (Å²) >= 11 is 0. The van der Waals surface area contributed by atoms with Crippen LogP contribution in [0, 0.1) is 12.8 Å². The predicted molar refractivity (Wildman–Crippen MR) is 91.0 cm³/mol. The van der Waals surface area contributed by atoms with Gasteiger partial charge in [0.05, 0.1) is 11.5 Å². The fourth-order valence-electron chi connectivity index (χ4n) is 3.82. The smallest absolute Gasteiger partial charge is 0.324 e. The van der Waals surface area contributed by atoms with Gasteiger partial charge in [0.15, 0.2) is 0 Å². The molecule has 1 saturated carbocycles. The zero-order valence-corrected chi connectivity index (χ0v) is 15.1. The number of ether oxygens (including phenoxy) is 1. The zero-order valence-electron chi connectivity index (χ0n) is 14.3. The van der Waals surface area contributed by atoms with Gasteiger partial charge >= 0.3 is 5.97 Å². The van der Waals surface area contributed by atoms with E-state index in [-0.39, 0.29) is 22.8 Å². The van der Waals surface area contributed by atoms with Crippen LogP contribution in [0.1, 0.15) is 44.6 Å². The summed E-state index contributed by atoms with van der Waals surface area (Å²) in [6.07, 6.45) is 4.23. The minimum absolute atomic E-state index is 0.0787. The molecule has 1 heterocycles. The van der Waals surface area contributed by atoms with Gasteiger partial charge in [0, 0.05) is 6.04 Å². The maximum Gasteiger partial charge on any atom is 0.324 e. The monoisotopic (exact) mass is 351 g/mol. The second kappa shape index (κ2) is 6.84. The summed E-state index contributed by atoms with van der Waals surface area (Å²) in [6.45, 7) is 4.31. The molecule has 2 aliphatic rings. The first-order valence-corrected chi connectivity index (χ1v) is 10.2. The van der Waals surface area contributed by atoms with E-state index in [4.69, 9.17) is 4.74 Å². The molecule has 1 aromatic carbocycles. The van der Waals surface area contributed by atoms with Crippen LogP contribution >= 0.6 is 0 Å². The Bertz CT molecular complexity index is 698. The molecule has 24 heavy (non-hydrogen) atoms. The minimum Gasteiger partial charge on any atom is -0.464 e. The van der Waals surface area contributed by atoms with Gasteiger partial charge in [0.1, 0.15) is 6.04 Å². The van der Waals surface area contributed by atoms with Crippen molar-refractivity contribution in [3.63, 3.8) is 0 Å². The highest BCUT2D eigenvalue weighted by Gasteiger charge is 2.55. The number of carbonyl (C=O) groups is 1. The van der Waals surface area contributed by atoms with Crippen molar-refractivity contribution < 1.29 is 17.9 Å². The molecular weight excluding hydrogens is 326 g/mol. The molecule has 1 saturated heterocycles. The van der Waals surface area contributed by atoms with Crippen LogP contribution in [-0.4, -0.2) is 37.4 Å². The van der Waals surface area contributed by atoms with E-state index in [1.165, 1.54) is 4.31 Å². The van der Waals surface area contributed by atoms with Crippen molar-refractivity contribution in [2.24, 2.45) is 5.92 Å². The van der Waals surface area contributed by atoms with Crippen LogP contribution in [0.3, 0.4) is 0 Å². The average Bonchev–Trinajstić information content (AvgIpc) is 3.16. The highest BCUT2D eigenvalue weighted by molar-refractivity contribution is 7.89. The number of fused-ring (bicyclic) bond motifs is 2. The van der Waals surface area contributed by atoms with E-state index in [2.05, 4.69) is 0 Å². The van der Waals surface area contributed by atoms with Crippen LogP contribution in [0.25, 0.3) is 0 Å². The number of aryl methyl sites for hydroxylation is 1. The standard InChI is InChI=1S/C18H25NO4S/c1-3-4-11-23-18(20)17-14-7-8-15(12-14)19(17)24(21,22)16-9-5-13(2)6-10-16/h5-6,9-10,14-15,17H,3-4,7-8,11-12H2,1-2H3. The van der Waals surface area contributed by atoms with Crippen molar-refractivity contribution in [3.8, 4) is 0 Å². The number of piperidine rings is 1. The van der Waals surface area contributed by atoms with Gasteiger partial charge in [-0.25, -0.2) is 8.42 Å². The number of esters is 1. The predicted octanol–water partition coefficient (Wildman–Crippen LogP) is 2.88. The van der Waals surface area contributed by atoms with Crippen LogP contribution in [0.5, 0.6) is 0 Å². The maximum atomic E-state index is 13.1.